The van der Waals surface area contributed by atoms with E-state index in [9.17, 15) is 18.0 Å². The van der Waals surface area contributed by atoms with Crippen LogP contribution in [0.3, 0.4) is 0 Å². The number of thiazole rings is 1. The zero-order valence-electron chi connectivity index (χ0n) is 15.8. The van der Waals surface area contributed by atoms with E-state index < -0.39 is 11.7 Å². The lowest BCUT2D eigenvalue weighted by Gasteiger charge is -2.26. The van der Waals surface area contributed by atoms with Crippen LogP contribution < -0.4 is 0 Å². The first-order chi connectivity index (χ1) is 13.8. The number of benzene rings is 2. The summed E-state index contributed by atoms with van der Waals surface area (Å²) in [6.07, 6.45) is -3.43. The van der Waals surface area contributed by atoms with Gasteiger partial charge in [-0.05, 0) is 24.6 Å². The molecule has 7 heteroatoms. The zero-order valence-corrected chi connectivity index (χ0v) is 16.6. The molecule has 150 valence electrons. The number of hydrogen-bond donors (Lipinski definition) is 0. The molecular formula is C22H19F3N2OS. The maximum absolute atomic E-state index is 13.0. The van der Waals surface area contributed by atoms with Gasteiger partial charge in [0.05, 0.1) is 24.2 Å². The predicted octanol–water partition coefficient (Wildman–Crippen LogP) is 5.26. The third-order valence-electron chi connectivity index (χ3n) is 5.00. The molecule has 0 aliphatic carbocycles. The Labute approximate surface area is 170 Å². The molecular weight excluding hydrogens is 397 g/mol. The molecule has 0 N–H and O–H groups in total. The van der Waals surface area contributed by atoms with Crippen LogP contribution in [0.4, 0.5) is 13.2 Å². The smallest absolute Gasteiger partial charge is 0.337 e. The predicted molar refractivity (Wildman–Crippen MR) is 107 cm³/mol. The molecule has 2 aromatic carbocycles. The normalized spacial score (nSPS) is 14.0. The monoisotopic (exact) mass is 416 g/mol. The molecule has 0 spiro atoms. The van der Waals surface area contributed by atoms with Crippen molar-refractivity contribution in [1.29, 1.82) is 0 Å². The van der Waals surface area contributed by atoms with Gasteiger partial charge in [0.2, 0.25) is 5.91 Å². The van der Waals surface area contributed by atoms with E-state index in [0.29, 0.717) is 36.5 Å². The summed E-state index contributed by atoms with van der Waals surface area (Å²) in [7, 11) is 0. The fourth-order valence-electron chi connectivity index (χ4n) is 3.35. The summed E-state index contributed by atoms with van der Waals surface area (Å²) in [5, 5.41) is 0.564. The minimum absolute atomic E-state index is 0.0496. The summed E-state index contributed by atoms with van der Waals surface area (Å²) >= 11 is 1.36. The minimum atomic E-state index is -4.38. The van der Waals surface area contributed by atoms with E-state index in [4.69, 9.17) is 0 Å². The van der Waals surface area contributed by atoms with Crippen molar-refractivity contribution in [2.45, 2.75) is 32.5 Å². The second-order valence-corrected chi connectivity index (χ2v) is 8.28. The van der Waals surface area contributed by atoms with Gasteiger partial charge in [-0.1, -0.05) is 42.0 Å². The number of nitrogens with zero attached hydrogens (tertiary/aromatic N) is 2. The van der Waals surface area contributed by atoms with Crippen LogP contribution >= 0.6 is 11.3 Å². The fourth-order valence-corrected chi connectivity index (χ4v) is 4.47. The van der Waals surface area contributed by atoms with E-state index in [1.165, 1.54) is 17.4 Å². The minimum Gasteiger partial charge on any atom is -0.337 e. The van der Waals surface area contributed by atoms with Crippen LogP contribution in [0, 0.1) is 6.92 Å². The van der Waals surface area contributed by atoms with Crippen molar-refractivity contribution in [3.05, 3.63) is 75.8 Å². The zero-order chi connectivity index (χ0) is 20.6. The molecule has 3 nitrogen and oxygen atoms in total. The highest BCUT2D eigenvalue weighted by molar-refractivity contribution is 7.15. The number of rotatable bonds is 3. The average molecular weight is 416 g/mol. The number of alkyl halides is 3. The van der Waals surface area contributed by atoms with E-state index in [0.717, 1.165) is 33.8 Å². The third-order valence-corrected chi connectivity index (χ3v) is 6.13. The van der Waals surface area contributed by atoms with Crippen LogP contribution in [0.1, 0.15) is 27.3 Å². The molecule has 0 saturated carbocycles. The van der Waals surface area contributed by atoms with Crippen LogP contribution in [-0.2, 0) is 30.4 Å². The van der Waals surface area contributed by atoms with E-state index in [2.05, 4.69) is 4.98 Å². The molecule has 0 saturated heterocycles. The molecule has 3 aromatic rings. The van der Waals surface area contributed by atoms with Crippen LogP contribution in [0.2, 0.25) is 0 Å². The van der Waals surface area contributed by atoms with Crippen molar-refractivity contribution in [3.8, 4) is 10.6 Å². The topological polar surface area (TPSA) is 33.2 Å². The van der Waals surface area contributed by atoms with Crippen molar-refractivity contribution in [3.63, 3.8) is 0 Å². The van der Waals surface area contributed by atoms with Crippen molar-refractivity contribution < 1.29 is 18.0 Å². The number of halogens is 3. The molecule has 1 aliphatic rings. The summed E-state index contributed by atoms with van der Waals surface area (Å²) in [5.41, 5.74) is 2.77. The number of hydrogen-bond acceptors (Lipinski definition) is 3. The molecule has 4 rings (SSSR count). The van der Waals surface area contributed by atoms with Gasteiger partial charge in [-0.25, -0.2) is 4.98 Å². The molecule has 0 unspecified atom stereocenters. The number of fused-ring (bicyclic) bond motifs is 1. The molecule has 2 heterocycles. The number of carbonyl (C=O) groups is 1. The second kappa shape index (κ2) is 7.63. The van der Waals surface area contributed by atoms with E-state index in [1.54, 1.807) is 11.0 Å². The third kappa shape index (κ3) is 4.34. The van der Waals surface area contributed by atoms with Crippen molar-refractivity contribution in [2.24, 2.45) is 0 Å². The Balaban J connectivity index is 1.50. The van der Waals surface area contributed by atoms with Gasteiger partial charge in [-0.15, -0.1) is 11.3 Å². The Bertz CT molecular complexity index is 1040. The maximum atomic E-state index is 13.0. The second-order valence-electron chi connectivity index (χ2n) is 7.20. The van der Waals surface area contributed by atoms with Crippen molar-refractivity contribution in [1.82, 2.24) is 9.88 Å². The van der Waals surface area contributed by atoms with Gasteiger partial charge in [-0.2, -0.15) is 13.2 Å². The van der Waals surface area contributed by atoms with Gasteiger partial charge in [0.25, 0.3) is 0 Å². The summed E-state index contributed by atoms with van der Waals surface area (Å²) in [6.45, 7) is 3.03. The molecule has 0 atom stereocenters. The van der Waals surface area contributed by atoms with Gasteiger partial charge in [-0.3, -0.25) is 4.79 Å². The molecule has 0 fully saturated rings. The highest BCUT2D eigenvalue weighted by Crippen LogP contribution is 2.35. The lowest BCUT2D eigenvalue weighted by Crippen LogP contribution is -2.36. The summed E-state index contributed by atoms with van der Waals surface area (Å²) in [6, 6.07) is 13.1. The van der Waals surface area contributed by atoms with Crippen LogP contribution in [0.5, 0.6) is 0 Å². The summed E-state index contributed by atoms with van der Waals surface area (Å²) in [4.78, 5) is 20.0. The largest absolute Gasteiger partial charge is 0.416 e. The highest BCUT2D eigenvalue weighted by atomic mass is 32.1. The van der Waals surface area contributed by atoms with Gasteiger partial charge >= 0.3 is 6.18 Å². The van der Waals surface area contributed by atoms with E-state index in [1.807, 2.05) is 31.2 Å². The van der Waals surface area contributed by atoms with E-state index >= 15 is 0 Å². The maximum Gasteiger partial charge on any atom is 0.416 e. The SMILES string of the molecule is Cc1ccc(CC(=O)N2CCc3nc(-c4cccc(C(F)(F)F)c4)sc3C2)cc1. The van der Waals surface area contributed by atoms with Gasteiger partial charge in [0, 0.05) is 23.4 Å². The van der Waals surface area contributed by atoms with Crippen LogP contribution in [0.15, 0.2) is 48.5 Å². The standard InChI is InChI=1S/C22H19F3N2OS/c1-14-5-7-15(8-6-14)11-20(28)27-10-9-18-19(13-27)29-21(26-18)16-3-2-4-17(12-16)22(23,24)25/h2-8,12H,9-11,13H2,1H3. The quantitative estimate of drug-likeness (QED) is 0.583. The first-order valence-electron chi connectivity index (χ1n) is 9.29. The van der Waals surface area contributed by atoms with Gasteiger partial charge < -0.3 is 4.90 Å². The van der Waals surface area contributed by atoms with Crippen molar-refractivity contribution in [2.75, 3.05) is 6.54 Å². The Morgan fingerprint density at radius 2 is 1.93 bits per heavy atom. The molecule has 0 radical (unpaired) electrons. The highest BCUT2D eigenvalue weighted by Gasteiger charge is 2.31. The Hall–Kier alpha value is -2.67. The first-order valence-corrected chi connectivity index (χ1v) is 10.1. The van der Waals surface area contributed by atoms with Crippen molar-refractivity contribution >= 4 is 17.2 Å². The van der Waals surface area contributed by atoms with Crippen LogP contribution in [0.25, 0.3) is 10.6 Å². The number of carbonyl (C=O) groups excluding carboxylic acids is 1. The lowest BCUT2D eigenvalue weighted by atomic mass is 10.1. The summed E-state index contributed by atoms with van der Waals surface area (Å²) in [5.74, 6) is 0.0496. The average Bonchev–Trinajstić information content (AvgIpc) is 3.12. The number of aromatic nitrogens is 1. The lowest BCUT2D eigenvalue weighted by molar-refractivity contribution is -0.137. The van der Waals surface area contributed by atoms with Gasteiger partial charge in [0.15, 0.2) is 0 Å². The molecule has 29 heavy (non-hydrogen) atoms. The van der Waals surface area contributed by atoms with E-state index in [-0.39, 0.29) is 5.91 Å². The van der Waals surface area contributed by atoms with Crippen LogP contribution in [-0.4, -0.2) is 22.3 Å². The Morgan fingerprint density at radius 1 is 1.17 bits per heavy atom. The molecule has 0 bridgehead atoms. The number of amides is 1. The Morgan fingerprint density at radius 3 is 2.66 bits per heavy atom. The Kier molecular flexibility index (Phi) is 5.17. The fraction of sp³-hybridized carbons (Fsp3) is 0.273. The molecule has 1 aliphatic heterocycles. The molecule has 1 amide bonds. The summed E-state index contributed by atoms with van der Waals surface area (Å²) < 4.78 is 39.0. The van der Waals surface area contributed by atoms with Gasteiger partial charge in [0.1, 0.15) is 5.01 Å². The molecule has 1 aromatic heterocycles. The number of aryl methyl sites for hydroxylation is 1. The first kappa shape index (κ1) is 19.6.